The number of para-hydroxylation sites is 1. The van der Waals surface area contributed by atoms with Crippen molar-refractivity contribution in [3.8, 4) is 11.8 Å². The van der Waals surface area contributed by atoms with Crippen LogP contribution in [0, 0.1) is 11.3 Å². The third kappa shape index (κ3) is 2.83. The van der Waals surface area contributed by atoms with Gasteiger partial charge in [0.2, 0.25) is 0 Å². The number of ether oxygens (including phenoxy) is 1. The molecule has 1 aliphatic heterocycles. The maximum atomic E-state index is 9.40. The lowest BCUT2D eigenvalue weighted by Gasteiger charge is -2.32. The lowest BCUT2D eigenvalue weighted by atomic mass is 9.85. The molecule has 1 atom stereocenters. The molecule has 3 heteroatoms. The Morgan fingerprint density at radius 2 is 2.22 bits per heavy atom. The van der Waals surface area contributed by atoms with Crippen molar-refractivity contribution in [2.24, 2.45) is 0 Å². The molecule has 96 valence electrons. The summed E-state index contributed by atoms with van der Waals surface area (Å²) in [5.74, 6) is 0.918. The monoisotopic (exact) mass is 244 g/mol. The van der Waals surface area contributed by atoms with E-state index in [1.165, 1.54) is 12.0 Å². The van der Waals surface area contributed by atoms with Gasteiger partial charge in [0.15, 0.2) is 0 Å². The minimum absolute atomic E-state index is 0.334. The smallest absolute Gasteiger partial charge is 0.122 e. The topological polar surface area (TPSA) is 45.0 Å². The van der Waals surface area contributed by atoms with Gasteiger partial charge in [0, 0.05) is 0 Å². The molecule has 0 aliphatic carbocycles. The van der Waals surface area contributed by atoms with Crippen LogP contribution in [0.2, 0.25) is 0 Å². The quantitative estimate of drug-likeness (QED) is 0.885. The van der Waals surface area contributed by atoms with Crippen LogP contribution in [-0.2, 0) is 6.42 Å². The average Bonchev–Trinajstić information content (AvgIpc) is 2.46. The summed E-state index contributed by atoms with van der Waals surface area (Å²) in [6.07, 6.45) is 5.01. The van der Waals surface area contributed by atoms with Gasteiger partial charge < -0.3 is 4.74 Å². The first-order valence-corrected chi connectivity index (χ1v) is 6.58. The molecule has 2 rings (SSSR count). The summed E-state index contributed by atoms with van der Waals surface area (Å²) in [6, 6.07) is 10.5. The second kappa shape index (κ2) is 5.88. The largest absolute Gasteiger partial charge is 0.496 e. The third-order valence-corrected chi connectivity index (χ3v) is 3.72. The van der Waals surface area contributed by atoms with Crippen molar-refractivity contribution in [2.45, 2.75) is 37.6 Å². The van der Waals surface area contributed by atoms with Gasteiger partial charge in [0.05, 0.1) is 13.2 Å². The first-order chi connectivity index (χ1) is 8.79. The van der Waals surface area contributed by atoms with Crippen LogP contribution in [0.15, 0.2) is 24.3 Å². The van der Waals surface area contributed by atoms with Gasteiger partial charge in [-0.05, 0) is 50.3 Å². The van der Waals surface area contributed by atoms with Gasteiger partial charge in [0.25, 0.3) is 0 Å². The number of nitrogens with zero attached hydrogens (tertiary/aromatic N) is 1. The lowest BCUT2D eigenvalue weighted by molar-refractivity contribution is 0.304. The molecule has 1 unspecified atom stereocenters. The number of methoxy groups -OCH3 is 1. The van der Waals surface area contributed by atoms with E-state index < -0.39 is 0 Å². The molecule has 1 aromatic rings. The molecular weight excluding hydrogens is 224 g/mol. The number of hydrogen-bond donors (Lipinski definition) is 1. The Labute approximate surface area is 109 Å². The Hall–Kier alpha value is -1.53. The van der Waals surface area contributed by atoms with Gasteiger partial charge in [-0.15, -0.1) is 0 Å². The first kappa shape index (κ1) is 12.9. The summed E-state index contributed by atoms with van der Waals surface area (Å²) < 4.78 is 5.35. The lowest BCUT2D eigenvalue weighted by Crippen LogP contribution is -2.47. The average molecular weight is 244 g/mol. The molecule has 1 heterocycles. The molecular formula is C15H20N2O. The van der Waals surface area contributed by atoms with E-state index in [0.717, 1.165) is 38.0 Å². The van der Waals surface area contributed by atoms with Crippen molar-refractivity contribution in [1.82, 2.24) is 5.32 Å². The minimum atomic E-state index is -0.334. The molecule has 0 saturated carbocycles. The van der Waals surface area contributed by atoms with Crippen LogP contribution in [0.5, 0.6) is 5.75 Å². The summed E-state index contributed by atoms with van der Waals surface area (Å²) in [5, 5.41) is 12.8. The van der Waals surface area contributed by atoms with E-state index in [2.05, 4.69) is 17.5 Å². The van der Waals surface area contributed by atoms with Gasteiger partial charge >= 0.3 is 0 Å². The predicted molar refractivity (Wildman–Crippen MR) is 71.5 cm³/mol. The highest BCUT2D eigenvalue weighted by Crippen LogP contribution is 2.26. The highest BCUT2D eigenvalue weighted by Gasteiger charge is 2.31. The van der Waals surface area contributed by atoms with Crippen molar-refractivity contribution in [3.63, 3.8) is 0 Å². The van der Waals surface area contributed by atoms with Crippen molar-refractivity contribution in [2.75, 3.05) is 13.7 Å². The fourth-order valence-electron chi connectivity index (χ4n) is 2.59. The Balaban J connectivity index is 2.04. The van der Waals surface area contributed by atoms with Crippen LogP contribution in [0.1, 0.15) is 31.2 Å². The van der Waals surface area contributed by atoms with Crippen molar-refractivity contribution >= 4 is 0 Å². The number of piperidine rings is 1. The molecule has 1 aromatic carbocycles. The zero-order valence-corrected chi connectivity index (χ0v) is 10.9. The van der Waals surface area contributed by atoms with Crippen LogP contribution in [0.4, 0.5) is 0 Å². The minimum Gasteiger partial charge on any atom is -0.496 e. The van der Waals surface area contributed by atoms with Gasteiger partial charge in [-0.2, -0.15) is 5.26 Å². The standard InChI is InChI=1S/C15H20N2O/c1-18-14-7-3-2-6-13(14)8-10-15(12-16)9-4-5-11-17-15/h2-3,6-7,17H,4-5,8-11H2,1H3. The van der Waals surface area contributed by atoms with Crippen LogP contribution in [0.25, 0.3) is 0 Å². The maximum Gasteiger partial charge on any atom is 0.122 e. The number of nitriles is 1. The molecule has 1 fully saturated rings. The van der Waals surface area contributed by atoms with Gasteiger partial charge in [0.1, 0.15) is 11.3 Å². The van der Waals surface area contributed by atoms with E-state index in [-0.39, 0.29) is 5.54 Å². The molecule has 1 N–H and O–H groups in total. The second-order valence-electron chi connectivity index (χ2n) is 4.89. The maximum absolute atomic E-state index is 9.40. The van der Waals surface area contributed by atoms with Crippen LogP contribution < -0.4 is 10.1 Å². The number of hydrogen-bond acceptors (Lipinski definition) is 3. The highest BCUT2D eigenvalue weighted by molar-refractivity contribution is 5.33. The zero-order valence-electron chi connectivity index (χ0n) is 10.9. The molecule has 1 saturated heterocycles. The Morgan fingerprint density at radius 3 is 2.89 bits per heavy atom. The van der Waals surface area contributed by atoms with Crippen LogP contribution >= 0.6 is 0 Å². The summed E-state index contributed by atoms with van der Waals surface area (Å²) in [6.45, 7) is 0.958. The van der Waals surface area contributed by atoms with Crippen LogP contribution in [-0.4, -0.2) is 19.2 Å². The zero-order chi connectivity index (χ0) is 12.8. The van der Waals surface area contributed by atoms with E-state index in [1.807, 2.05) is 18.2 Å². The van der Waals surface area contributed by atoms with Crippen molar-refractivity contribution in [3.05, 3.63) is 29.8 Å². The molecule has 1 aliphatic rings. The molecule has 0 radical (unpaired) electrons. The normalized spacial score (nSPS) is 23.3. The summed E-state index contributed by atoms with van der Waals surface area (Å²) >= 11 is 0. The van der Waals surface area contributed by atoms with E-state index in [0.29, 0.717) is 0 Å². The van der Waals surface area contributed by atoms with E-state index >= 15 is 0 Å². The second-order valence-corrected chi connectivity index (χ2v) is 4.89. The van der Waals surface area contributed by atoms with Crippen molar-refractivity contribution in [1.29, 1.82) is 5.26 Å². The highest BCUT2D eigenvalue weighted by atomic mass is 16.5. The third-order valence-electron chi connectivity index (χ3n) is 3.72. The fourth-order valence-corrected chi connectivity index (χ4v) is 2.59. The van der Waals surface area contributed by atoms with Crippen molar-refractivity contribution < 1.29 is 4.74 Å². The van der Waals surface area contributed by atoms with E-state index in [9.17, 15) is 5.26 Å². The molecule has 0 spiro atoms. The number of nitrogens with one attached hydrogen (secondary N) is 1. The Morgan fingerprint density at radius 1 is 1.39 bits per heavy atom. The fraction of sp³-hybridized carbons (Fsp3) is 0.533. The molecule has 3 nitrogen and oxygen atoms in total. The summed E-state index contributed by atoms with van der Waals surface area (Å²) in [4.78, 5) is 0. The number of aryl methyl sites for hydroxylation is 1. The summed E-state index contributed by atoms with van der Waals surface area (Å²) in [7, 11) is 1.69. The number of benzene rings is 1. The first-order valence-electron chi connectivity index (χ1n) is 6.58. The SMILES string of the molecule is COc1ccccc1CCC1(C#N)CCCCN1. The van der Waals surface area contributed by atoms with Gasteiger partial charge in [-0.25, -0.2) is 0 Å². The molecule has 0 amide bonds. The van der Waals surface area contributed by atoms with Gasteiger partial charge in [-0.1, -0.05) is 18.2 Å². The Kier molecular flexibility index (Phi) is 4.22. The van der Waals surface area contributed by atoms with E-state index in [1.54, 1.807) is 7.11 Å². The Bertz CT molecular complexity index is 430. The predicted octanol–water partition coefficient (Wildman–Crippen LogP) is 2.66. The van der Waals surface area contributed by atoms with Crippen LogP contribution in [0.3, 0.4) is 0 Å². The molecule has 18 heavy (non-hydrogen) atoms. The number of rotatable bonds is 4. The molecule has 0 bridgehead atoms. The van der Waals surface area contributed by atoms with Gasteiger partial charge in [-0.3, -0.25) is 5.32 Å². The summed E-state index contributed by atoms with van der Waals surface area (Å²) in [5.41, 5.74) is 0.848. The van der Waals surface area contributed by atoms with E-state index in [4.69, 9.17) is 4.74 Å². The molecule has 0 aromatic heterocycles.